The fourth-order valence-electron chi connectivity index (χ4n) is 4.51. The van der Waals surface area contributed by atoms with E-state index in [1.807, 2.05) is 18.2 Å². The summed E-state index contributed by atoms with van der Waals surface area (Å²) >= 11 is 0. The number of carboxylic acids is 1. The molecule has 0 aromatic heterocycles. The molecular formula is C30H25NO2. The van der Waals surface area contributed by atoms with Gasteiger partial charge in [0.1, 0.15) is 0 Å². The van der Waals surface area contributed by atoms with E-state index in [4.69, 9.17) is 0 Å². The summed E-state index contributed by atoms with van der Waals surface area (Å²) in [5.74, 6) is -0.910. The van der Waals surface area contributed by atoms with Crippen molar-refractivity contribution in [3.05, 3.63) is 120 Å². The molecule has 33 heavy (non-hydrogen) atoms. The van der Waals surface area contributed by atoms with Crippen molar-refractivity contribution >= 4 is 27.5 Å². The number of fused-ring (bicyclic) bond motifs is 2. The quantitative estimate of drug-likeness (QED) is 0.299. The van der Waals surface area contributed by atoms with Crippen LogP contribution in [-0.2, 0) is 6.54 Å². The lowest BCUT2D eigenvalue weighted by Gasteiger charge is -2.18. The van der Waals surface area contributed by atoms with Gasteiger partial charge in [-0.25, -0.2) is 4.79 Å². The molecule has 0 saturated carbocycles. The molecule has 3 heteroatoms. The van der Waals surface area contributed by atoms with Crippen LogP contribution in [0.25, 0.3) is 32.7 Å². The molecule has 0 aliphatic heterocycles. The Balaban J connectivity index is 1.47. The van der Waals surface area contributed by atoms with Gasteiger partial charge in [-0.3, -0.25) is 0 Å². The Hall–Kier alpha value is -3.95. The van der Waals surface area contributed by atoms with Gasteiger partial charge in [-0.1, -0.05) is 78.9 Å². The monoisotopic (exact) mass is 431 g/mol. The van der Waals surface area contributed by atoms with Gasteiger partial charge in [0.15, 0.2) is 0 Å². The second-order valence-electron chi connectivity index (χ2n) is 8.42. The molecule has 162 valence electrons. The minimum atomic E-state index is -0.910. The lowest BCUT2D eigenvalue weighted by Crippen LogP contribution is -2.18. The predicted molar refractivity (Wildman–Crippen MR) is 136 cm³/mol. The minimum Gasteiger partial charge on any atom is -0.478 e. The van der Waals surface area contributed by atoms with Crippen molar-refractivity contribution < 1.29 is 9.90 Å². The topological polar surface area (TPSA) is 49.3 Å². The number of rotatable bonds is 6. The van der Waals surface area contributed by atoms with Gasteiger partial charge in [0, 0.05) is 12.6 Å². The van der Waals surface area contributed by atoms with Crippen LogP contribution >= 0.6 is 0 Å². The zero-order valence-corrected chi connectivity index (χ0v) is 18.5. The van der Waals surface area contributed by atoms with Gasteiger partial charge < -0.3 is 10.4 Å². The number of hydrogen-bond donors (Lipinski definition) is 2. The van der Waals surface area contributed by atoms with E-state index in [1.165, 1.54) is 27.3 Å². The van der Waals surface area contributed by atoms with Gasteiger partial charge >= 0.3 is 5.97 Å². The number of benzene rings is 5. The number of aromatic carboxylic acids is 1. The first-order valence-electron chi connectivity index (χ1n) is 11.2. The number of carbonyl (C=O) groups is 1. The maximum Gasteiger partial charge on any atom is 0.335 e. The third-order valence-corrected chi connectivity index (χ3v) is 6.27. The van der Waals surface area contributed by atoms with Crippen molar-refractivity contribution in [2.45, 2.75) is 19.5 Å². The molecule has 0 amide bonds. The standard InChI is InChI=1S/C30H25NO2/c1-20(26-12-6-9-22-7-2-4-10-27(22)26)31-19-21-17-25-8-3-5-11-28(25)29(18-21)23-13-15-24(16-14-23)30(32)33/h2-18,20,31H,19H2,1H3,(H,32,33)/t20-/m1/s1. The van der Waals surface area contributed by atoms with E-state index < -0.39 is 5.97 Å². The van der Waals surface area contributed by atoms with Crippen LogP contribution in [0.2, 0.25) is 0 Å². The highest BCUT2D eigenvalue weighted by Gasteiger charge is 2.11. The fraction of sp³-hybridized carbons (Fsp3) is 0.100. The molecule has 0 bridgehead atoms. The molecule has 0 heterocycles. The van der Waals surface area contributed by atoms with Gasteiger partial charge in [0.2, 0.25) is 0 Å². The number of hydrogen-bond acceptors (Lipinski definition) is 2. The molecule has 5 rings (SSSR count). The van der Waals surface area contributed by atoms with Crippen molar-refractivity contribution in [2.24, 2.45) is 0 Å². The summed E-state index contributed by atoms with van der Waals surface area (Å²) in [5.41, 5.74) is 4.90. The molecule has 5 aromatic carbocycles. The van der Waals surface area contributed by atoms with E-state index in [0.717, 1.165) is 23.1 Å². The molecule has 0 radical (unpaired) electrons. The van der Waals surface area contributed by atoms with E-state index in [2.05, 4.69) is 85.0 Å². The van der Waals surface area contributed by atoms with Crippen LogP contribution in [0.15, 0.2) is 103 Å². The minimum absolute atomic E-state index is 0.195. The average Bonchev–Trinajstić information content (AvgIpc) is 2.86. The molecular weight excluding hydrogens is 406 g/mol. The van der Waals surface area contributed by atoms with Gasteiger partial charge in [-0.15, -0.1) is 0 Å². The lowest BCUT2D eigenvalue weighted by atomic mass is 9.94. The molecule has 2 N–H and O–H groups in total. The van der Waals surface area contributed by atoms with Crippen molar-refractivity contribution in [3.8, 4) is 11.1 Å². The van der Waals surface area contributed by atoms with Crippen LogP contribution in [-0.4, -0.2) is 11.1 Å². The Labute approximate surface area is 193 Å². The maximum atomic E-state index is 11.3. The Morgan fingerprint density at radius 1 is 0.788 bits per heavy atom. The van der Waals surface area contributed by atoms with Gasteiger partial charge in [0.05, 0.1) is 5.56 Å². The first-order valence-corrected chi connectivity index (χ1v) is 11.2. The summed E-state index contributed by atoms with van der Waals surface area (Å²) in [7, 11) is 0. The Morgan fingerprint density at radius 2 is 1.45 bits per heavy atom. The summed E-state index contributed by atoms with van der Waals surface area (Å²) in [4.78, 5) is 11.3. The Bertz CT molecular complexity index is 1450. The van der Waals surface area contributed by atoms with Crippen LogP contribution in [0.1, 0.15) is 34.5 Å². The average molecular weight is 432 g/mol. The third kappa shape index (κ3) is 4.23. The van der Waals surface area contributed by atoms with Gasteiger partial charge in [-0.05, 0) is 75.0 Å². The first-order chi connectivity index (χ1) is 16.1. The van der Waals surface area contributed by atoms with Crippen LogP contribution in [0.4, 0.5) is 0 Å². The molecule has 1 atom stereocenters. The molecule has 0 aliphatic carbocycles. The van der Waals surface area contributed by atoms with Crippen molar-refractivity contribution in [3.63, 3.8) is 0 Å². The molecule has 0 aliphatic rings. The Morgan fingerprint density at radius 3 is 2.21 bits per heavy atom. The molecule has 5 aromatic rings. The highest BCUT2D eigenvalue weighted by molar-refractivity contribution is 5.98. The van der Waals surface area contributed by atoms with E-state index in [-0.39, 0.29) is 6.04 Å². The first kappa shape index (κ1) is 20.9. The summed E-state index contributed by atoms with van der Waals surface area (Å²) in [6.07, 6.45) is 0. The highest BCUT2D eigenvalue weighted by Crippen LogP contribution is 2.31. The maximum absolute atomic E-state index is 11.3. The van der Waals surface area contributed by atoms with Gasteiger partial charge in [-0.2, -0.15) is 0 Å². The SMILES string of the molecule is C[C@@H](NCc1cc(-c2ccc(C(=O)O)cc2)c2ccccc2c1)c1cccc2ccccc12. The second-order valence-corrected chi connectivity index (χ2v) is 8.42. The molecule has 0 unspecified atom stereocenters. The van der Waals surface area contributed by atoms with Gasteiger partial charge in [0.25, 0.3) is 0 Å². The van der Waals surface area contributed by atoms with Crippen molar-refractivity contribution in [1.82, 2.24) is 5.32 Å². The highest BCUT2D eigenvalue weighted by atomic mass is 16.4. The smallest absolute Gasteiger partial charge is 0.335 e. The largest absolute Gasteiger partial charge is 0.478 e. The zero-order chi connectivity index (χ0) is 22.8. The number of carboxylic acid groups (broad SMARTS) is 1. The van der Waals surface area contributed by atoms with Crippen LogP contribution in [0.5, 0.6) is 0 Å². The molecule has 0 saturated heterocycles. The predicted octanol–water partition coefficient (Wildman–Crippen LogP) is 7.21. The van der Waals surface area contributed by atoms with Crippen molar-refractivity contribution in [2.75, 3.05) is 0 Å². The zero-order valence-electron chi connectivity index (χ0n) is 18.5. The molecule has 3 nitrogen and oxygen atoms in total. The van der Waals surface area contributed by atoms with Crippen LogP contribution in [0, 0.1) is 0 Å². The summed E-state index contributed by atoms with van der Waals surface area (Å²) < 4.78 is 0. The normalized spacial score (nSPS) is 12.2. The lowest BCUT2D eigenvalue weighted by molar-refractivity contribution is 0.0697. The van der Waals surface area contributed by atoms with E-state index in [1.54, 1.807) is 12.1 Å². The van der Waals surface area contributed by atoms with Crippen molar-refractivity contribution in [1.29, 1.82) is 0 Å². The van der Waals surface area contributed by atoms with Crippen LogP contribution < -0.4 is 5.32 Å². The fourth-order valence-corrected chi connectivity index (χ4v) is 4.51. The molecule has 0 spiro atoms. The van der Waals surface area contributed by atoms with E-state index in [9.17, 15) is 9.90 Å². The summed E-state index contributed by atoms with van der Waals surface area (Å²) in [6, 6.07) is 35.0. The number of nitrogens with one attached hydrogen (secondary N) is 1. The molecule has 0 fully saturated rings. The summed E-state index contributed by atoms with van der Waals surface area (Å²) in [6.45, 7) is 2.93. The Kier molecular flexibility index (Phi) is 5.64. The van der Waals surface area contributed by atoms with E-state index >= 15 is 0 Å². The third-order valence-electron chi connectivity index (χ3n) is 6.27. The second kappa shape index (κ2) is 8.89. The summed E-state index contributed by atoms with van der Waals surface area (Å²) in [5, 5.41) is 17.8. The van der Waals surface area contributed by atoms with Crippen LogP contribution in [0.3, 0.4) is 0 Å². The van der Waals surface area contributed by atoms with E-state index in [0.29, 0.717) is 5.56 Å².